The number of benzene rings is 1. The summed E-state index contributed by atoms with van der Waals surface area (Å²) in [5, 5.41) is 2.78. The van der Waals surface area contributed by atoms with E-state index >= 15 is 0 Å². The topological polar surface area (TPSA) is 38.3 Å². The van der Waals surface area contributed by atoms with Gasteiger partial charge in [0.1, 0.15) is 12.8 Å². The fraction of sp³-hybridized carbons (Fsp3) is 0.500. The van der Waals surface area contributed by atoms with Crippen LogP contribution in [0.15, 0.2) is 30.3 Å². The molecule has 0 bridgehead atoms. The van der Waals surface area contributed by atoms with E-state index in [0.717, 1.165) is 5.56 Å². The maximum atomic E-state index is 12.9. The van der Waals surface area contributed by atoms with Crippen molar-refractivity contribution in [3.8, 4) is 0 Å². The fourth-order valence-electron chi connectivity index (χ4n) is 2.13. The lowest BCUT2D eigenvalue weighted by Crippen LogP contribution is -2.38. The smallest absolute Gasteiger partial charge is 0.407 e. The van der Waals surface area contributed by atoms with Crippen molar-refractivity contribution in [3.63, 3.8) is 0 Å². The van der Waals surface area contributed by atoms with Crippen LogP contribution >= 0.6 is 0 Å². The first-order chi connectivity index (χ1) is 8.74. The molecule has 1 aromatic carbocycles. The minimum atomic E-state index is -0.705. The van der Waals surface area contributed by atoms with Crippen molar-refractivity contribution in [2.45, 2.75) is 44.5 Å². The second-order valence-corrected chi connectivity index (χ2v) is 4.65. The molecule has 0 saturated heterocycles. The van der Waals surface area contributed by atoms with Crippen LogP contribution in [0.3, 0.4) is 0 Å². The predicted molar refractivity (Wildman–Crippen MR) is 66.9 cm³/mol. The summed E-state index contributed by atoms with van der Waals surface area (Å²) in [6, 6.07) is 9.58. The van der Waals surface area contributed by atoms with Gasteiger partial charge in [0, 0.05) is 6.04 Å². The van der Waals surface area contributed by atoms with Crippen molar-refractivity contribution in [1.29, 1.82) is 0 Å². The summed E-state index contributed by atoms with van der Waals surface area (Å²) >= 11 is 0. The zero-order valence-electron chi connectivity index (χ0n) is 10.3. The Morgan fingerprint density at radius 1 is 1.22 bits per heavy atom. The van der Waals surface area contributed by atoms with Crippen molar-refractivity contribution in [3.05, 3.63) is 35.9 Å². The molecular formula is C14H18FNO2. The van der Waals surface area contributed by atoms with E-state index in [1.54, 1.807) is 0 Å². The third kappa shape index (κ3) is 4.02. The molecule has 0 radical (unpaired) electrons. The van der Waals surface area contributed by atoms with Crippen molar-refractivity contribution in [2.24, 2.45) is 0 Å². The number of amides is 1. The Bertz CT molecular complexity index is 375. The van der Waals surface area contributed by atoms with Crippen LogP contribution in [0, 0.1) is 0 Å². The maximum absolute atomic E-state index is 12.9. The van der Waals surface area contributed by atoms with Gasteiger partial charge in [-0.25, -0.2) is 9.18 Å². The molecule has 1 aromatic rings. The van der Waals surface area contributed by atoms with Crippen molar-refractivity contribution in [2.75, 3.05) is 0 Å². The van der Waals surface area contributed by atoms with Gasteiger partial charge < -0.3 is 10.1 Å². The van der Waals surface area contributed by atoms with E-state index in [1.807, 2.05) is 30.3 Å². The van der Waals surface area contributed by atoms with Gasteiger partial charge >= 0.3 is 6.09 Å². The van der Waals surface area contributed by atoms with Gasteiger partial charge in [-0.3, -0.25) is 0 Å². The van der Waals surface area contributed by atoms with E-state index in [2.05, 4.69) is 5.32 Å². The highest BCUT2D eigenvalue weighted by Crippen LogP contribution is 2.20. The molecule has 0 aliphatic heterocycles. The summed E-state index contributed by atoms with van der Waals surface area (Å²) in [7, 11) is 0. The molecule has 1 aliphatic rings. The molecule has 1 N–H and O–H groups in total. The fourth-order valence-corrected chi connectivity index (χ4v) is 2.13. The second-order valence-electron chi connectivity index (χ2n) is 4.65. The largest absolute Gasteiger partial charge is 0.445 e. The van der Waals surface area contributed by atoms with E-state index in [4.69, 9.17) is 4.74 Å². The third-order valence-corrected chi connectivity index (χ3v) is 3.19. The average molecular weight is 251 g/mol. The lowest BCUT2D eigenvalue weighted by Gasteiger charge is -2.24. The number of hydrogen-bond donors (Lipinski definition) is 1. The highest BCUT2D eigenvalue weighted by molar-refractivity contribution is 5.67. The van der Waals surface area contributed by atoms with E-state index < -0.39 is 12.3 Å². The summed E-state index contributed by atoms with van der Waals surface area (Å²) in [6.07, 6.45) is 1.33. The second kappa shape index (κ2) is 6.38. The van der Waals surface area contributed by atoms with Crippen LogP contribution in [-0.2, 0) is 11.3 Å². The van der Waals surface area contributed by atoms with E-state index in [9.17, 15) is 9.18 Å². The quantitative estimate of drug-likeness (QED) is 0.896. The van der Waals surface area contributed by atoms with Crippen LogP contribution in [0.1, 0.15) is 31.2 Å². The van der Waals surface area contributed by atoms with Gasteiger partial charge in [0.15, 0.2) is 0 Å². The summed E-state index contributed by atoms with van der Waals surface area (Å²) in [5.74, 6) is 0. The predicted octanol–water partition coefficient (Wildman–Crippen LogP) is 3.19. The Morgan fingerprint density at radius 2 is 1.89 bits per heavy atom. The highest BCUT2D eigenvalue weighted by atomic mass is 19.1. The molecule has 1 fully saturated rings. The van der Waals surface area contributed by atoms with Crippen LogP contribution in [0.25, 0.3) is 0 Å². The normalized spacial score (nSPS) is 23.4. The van der Waals surface area contributed by atoms with Gasteiger partial charge in [0.2, 0.25) is 0 Å². The minimum Gasteiger partial charge on any atom is -0.445 e. The molecule has 2 rings (SSSR count). The van der Waals surface area contributed by atoms with Crippen LogP contribution in [0.5, 0.6) is 0 Å². The molecule has 1 saturated carbocycles. The Balaban J connectivity index is 1.69. The Morgan fingerprint density at radius 3 is 2.56 bits per heavy atom. The van der Waals surface area contributed by atoms with Crippen LogP contribution in [-0.4, -0.2) is 18.3 Å². The highest BCUT2D eigenvalue weighted by Gasteiger charge is 2.22. The molecule has 18 heavy (non-hydrogen) atoms. The molecule has 0 aromatic heterocycles. The van der Waals surface area contributed by atoms with Gasteiger partial charge in [-0.2, -0.15) is 0 Å². The maximum Gasteiger partial charge on any atom is 0.407 e. The van der Waals surface area contributed by atoms with Gasteiger partial charge in [0.25, 0.3) is 0 Å². The SMILES string of the molecule is O=C(N[C@H]1CC[C@@H](F)CC1)OCc1ccccc1. The number of alkyl halides is 1. The Hall–Kier alpha value is -1.58. The summed E-state index contributed by atoms with van der Waals surface area (Å²) in [4.78, 5) is 11.5. The number of nitrogens with one attached hydrogen (secondary N) is 1. The summed E-state index contributed by atoms with van der Waals surface area (Å²) in [6.45, 7) is 0.269. The number of halogens is 1. The van der Waals surface area contributed by atoms with E-state index in [0.29, 0.717) is 25.7 Å². The molecule has 0 spiro atoms. The van der Waals surface area contributed by atoms with Gasteiger partial charge in [-0.1, -0.05) is 30.3 Å². The van der Waals surface area contributed by atoms with Crippen LogP contribution in [0.4, 0.5) is 9.18 Å². The zero-order valence-corrected chi connectivity index (χ0v) is 10.3. The summed E-state index contributed by atoms with van der Waals surface area (Å²) in [5.41, 5.74) is 0.958. The van der Waals surface area contributed by atoms with Gasteiger partial charge in [-0.05, 0) is 31.2 Å². The molecule has 98 valence electrons. The average Bonchev–Trinajstić information content (AvgIpc) is 2.40. The lowest BCUT2D eigenvalue weighted by molar-refractivity contribution is 0.128. The first-order valence-electron chi connectivity index (χ1n) is 6.35. The number of hydrogen-bond acceptors (Lipinski definition) is 2. The van der Waals surface area contributed by atoms with E-state index in [1.165, 1.54) is 0 Å². The zero-order chi connectivity index (χ0) is 12.8. The number of rotatable bonds is 3. The standard InChI is InChI=1S/C14H18FNO2/c15-12-6-8-13(9-7-12)16-14(17)18-10-11-4-2-1-3-5-11/h1-5,12-13H,6-10H2,(H,16,17)/t12-,13+. The number of alkyl carbamates (subject to hydrolysis) is 1. The molecule has 3 nitrogen and oxygen atoms in total. The molecular weight excluding hydrogens is 233 g/mol. The first kappa shape index (κ1) is 12.9. The molecule has 0 unspecified atom stereocenters. The minimum absolute atomic E-state index is 0.0558. The van der Waals surface area contributed by atoms with Crippen LogP contribution in [0.2, 0.25) is 0 Å². The molecule has 0 heterocycles. The van der Waals surface area contributed by atoms with Gasteiger partial charge in [0.05, 0.1) is 0 Å². The van der Waals surface area contributed by atoms with Crippen molar-refractivity contribution in [1.82, 2.24) is 5.32 Å². The Kier molecular flexibility index (Phi) is 4.56. The van der Waals surface area contributed by atoms with Crippen molar-refractivity contribution < 1.29 is 13.9 Å². The summed E-state index contributed by atoms with van der Waals surface area (Å²) < 4.78 is 18.0. The molecule has 1 amide bonds. The number of ether oxygens (including phenoxy) is 1. The third-order valence-electron chi connectivity index (χ3n) is 3.19. The van der Waals surface area contributed by atoms with E-state index in [-0.39, 0.29) is 12.6 Å². The lowest BCUT2D eigenvalue weighted by atomic mass is 9.94. The van der Waals surface area contributed by atoms with Crippen LogP contribution < -0.4 is 5.32 Å². The monoisotopic (exact) mass is 251 g/mol. The molecule has 4 heteroatoms. The van der Waals surface area contributed by atoms with Gasteiger partial charge in [-0.15, -0.1) is 0 Å². The van der Waals surface area contributed by atoms with Crippen molar-refractivity contribution >= 4 is 6.09 Å². The Labute approximate surface area is 106 Å². The number of carbonyl (C=O) groups excluding carboxylic acids is 1. The molecule has 1 aliphatic carbocycles. The number of carbonyl (C=O) groups is 1. The first-order valence-corrected chi connectivity index (χ1v) is 6.35. The molecule has 0 atom stereocenters.